The van der Waals surface area contributed by atoms with Crippen LogP contribution in [0.3, 0.4) is 0 Å². The number of rotatable bonds is 2. The maximum absolute atomic E-state index is 4.31. The van der Waals surface area contributed by atoms with Crippen molar-refractivity contribution in [1.82, 2.24) is 10.3 Å². The first kappa shape index (κ1) is 9.16. The average molecular weight is 196 g/mol. The van der Waals surface area contributed by atoms with Gasteiger partial charge in [0.15, 0.2) is 0 Å². The van der Waals surface area contributed by atoms with Crippen LogP contribution in [0.2, 0.25) is 0 Å². The van der Waals surface area contributed by atoms with Gasteiger partial charge in [-0.05, 0) is 25.3 Å². The summed E-state index contributed by atoms with van der Waals surface area (Å²) in [6.45, 7) is 3.52. The summed E-state index contributed by atoms with van der Waals surface area (Å²) in [6.07, 6.45) is 5.64. The highest BCUT2D eigenvalue weighted by atomic mass is 32.1. The lowest BCUT2D eigenvalue weighted by atomic mass is 9.93. The van der Waals surface area contributed by atoms with Crippen LogP contribution in [0.15, 0.2) is 11.6 Å². The van der Waals surface area contributed by atoms with E-state index in [0.29, 0.717) is 6.04 Å². The molecule has 0 spiro atoms. The fraction of sp³-hybridized carbons (Fsp3) is 0.700. The van der Waals surface area contributed by atoms with Gasteiger partial charge in [0.05, 0.1) is 5.01 Å². The van der Waals surface area contributed by atoms with Crippen LogP contribution < -0.4 is 5.32 Å². The normalized spacial score (nSPS) is 29.0. The Hall–Kier alpha value is -0.410. The number of hydrogen-bond donors (Lipinski definition) is 1. The van der Waals surface area contributed by atoms with E-state index in [4.69, 9.17) is 0 Å². The first-order valence-electron chi connectivity index (χ1n) is 4.96. The molecule has 0 radical (unpaired) electrons. The van der Waals surface area contributed by atoms with Gasteiger partial charge in [-0.25, -0.2) is 4.98 Å². The maximum Gasteiger partial charge on any atom is 0.0940 e. The smallest absolute Gasteiger partial charge is 0.0940 e. The molecule has 2 heterocycles. The number of nitrogens with one attached hydrogen (secondary N) is 1. The van der Waals surface area contributed by atoms with Crippen LogP contribution in [-0.4, -0.2) is 17.6 Å². The van der Waals surface area contributed by atoms with Crippen molar-refractivity contribution >= 4 is 11.3 Å². The minimum Gasteiger partial charge on any atom is -0.314 e. The number of thiazole rings is 1. The van der Waals surface area contributed by atoms with Crippen molar-refractivity contribution in [3.8, 4) is 0 Å². The SMILES string of the molecule is CC1CCNC(Cc2nccs2)C1. The van der Waals surface area contributed by atoms with Crippen LogP contribution in [-0.2, 0) is 6.42 Å². The summed E-state index contributed by atoms with van der Waals surface area (Å²) in [4.78, 5) is 4.31. The van der Waals surface area contributed by atoms with Gasteiger partial charge in [0, 0.05) is 24.0 Å². The molecule has 0 bridgehead atoms. The zero-order chi connectivity index (χ0) is 9.10. The quantitative estimate of drug-likeness (QED) is 0.783. The molecule has 1 aliphatic heterocycles. The molecule has 3 heteroatoms. The van der Waals surface area contributed by atoms with Crippen molar-refractivity contribution in [2.24, 2.45) is 5.92 Å². The highest BCUT2D eigenvalue weighted by Crippen LogP contribution is 2.18. The number of aromatic nitrogens is 1. The summed E-state index contributed by atoms with van der Waals surface area (Å²) in [5.41, 5.74) is 0. The van der Waals surface area contributed by atoms with Gasteiger partial charge < -0.3 is 5.32 Å². The maximum atomic E-state index is 4.31. The Labute approximate surface area is 83.4 Å². The predicted molar refractivity (Wildman–Crippen MR) is 56.0 cm³/mol. The van der Waals surface area contributed by atoms with Crippen LogP contribution in [0.5, 0.6) is 0 Å². The lowest BCUT2D eigenvalue weighted by Crippen LogP contribution is -2.38. The first-order chi connectivity index (χ1) is 6.34. The van der Waals surface area contributed by atoms with E-state index in [0.717, 1.165) is 12.3 Å². The third kappa shape index (κ3) is 2.51. The topological polar surface area (TPSA) is 24.9 Å². The first-order valence-corrected chi connectivity index (χ1v) is 5.84. The van der Waals surface area contributed by atoms with Gasteiger partial charge in [0.1, 0.15) is 0 Å². The Kier molecular flexibility index (Phi) is 2.96. The Morgan fingerprint density at radius 2 is 2.62 bits per heavy atom. The second-order valence-corrected chi connectivity index (χ2v) is 4.89. The third-order valence-electron chi connectivity index (χ3n) is 2.66. The number of nitrogens with zero attached hydrogens (tertiary/aromatic N) is 1. The van der Waals surface area contributed by atoms with Crippen LogP contribution in [0.25, 0.3) is 0 Å². The zero-order valence-electron chi connectivity index (χ0n) is 7.99. The van der Waals surface area contributed by atoms with E-state index < -0.39 is 0 Å². The fourth-order valence-corrected chi connectivity index (χ4v) is 2.64. The molecule has 13 heavy (non-hydrogen) atoms. The van der Waals surface area contributed by atoms with Gasteiger partial charge in [-0.15, -0.1) is 11.3 Å². The molecule has 0 aromatic carbocycles. The zero-order valence-corrected chi connectivity index (χ0v) is 8.81. The Balaban J connectivity index is 1.87. The van der Waals surface area contributed by atoms with E-state index in [1.54, 1.807) is 11.3 Å². The monoisotopic (exact) mass is 196 g/mol. The van der Waals surface area contributed by atoms with E-state index in [1.807, 2.05) is 6.20 Å². The minimum absolute atomic E-state index is 0.662. The molecule has 0 saturated carbocycles. The van der Waals surface area contributed by atoms with Crippen molar-refractivity contribution in [1.29, 1.82) is 0 Å². The molecule has 0 amide bonds. The van der Waals surface area contributed by atoms with Crippen molar-refractivity contribution < 1.29 is 0 Å². The summed E-state index contributed by atoms with van der Waals surface area (Å²) >= 11 is 1.77. The van der Waals surface area contributed by atoms with Crippen molar-refractivity contribution in [3.63, 3.8) is 0 Å². The van der Waals surface area contributed by atoms with Crippen LogP contribution >= 0.6 is 11.3 Å². The second kappa shape index (κ2) is 4.20. The fourth-order valence-electron chi connectivity index (χ4n) is 1.94. The lowest BCUT2D eigenvalue weighted by molar-refractivity contribution is 0.318. The summed E-state index contributed by atoms with van der Waals surface area (Å²) < 4.78 is 0. The molecule has 2 unspecified atom stereocenters. The van der Waals surface area contributed by atoms with Gasteiger partial charge in [-0.2, -0.15) is 0 Å². The molecular formula is C10H16N2S. The van der Waals surface area contributed by atoms with Gasteiger partial charge in [0.2, 0.25) is 0 Å². The summed E-state index contributed by atoms with van der Waals surface area (Å²) in [6, 6.07) is 0.662. The Bertz CT molecular complexity index is 245. The van der Waals surface area contributed by atoms with E-state index in [2.05, 4.69) is 22.6 Å². The molecule has 1 saturated heterocycles. The van der Waals surface area contributed by atoms with Gasteiger partial charge in [0.25, 0.3) is 0 Å². The summed E-state index contributed by atoms with van der Waals surface area (Å²) in [7, 11) is 0. The lowest BCUT2D eigenvalue weighted by Gasteiger charge is -2.27. The average Bonchev–Trinajstić information content (AvgIpc) is 2.57. The number of hydrogen-bond acceptors (Lipinski definition) is 3. The van der Waals surface area contributed by atoms with Crippen LogP contribution in [0.1, 0.15) is 24.8 Å². The van der Waals surface area contributed by atoms with Crippen molar-refractivity contribution in [2.45, 2.75) is 32.2 Å². The van der Waals surface area contributed by atoms with E-state index in [1.165, 1.54) is 24.4 Å². The molecule has 2 rings (SSSR count). The van der Waals surface area contributed by atoms with E-state index in [9.17, 15) is 0 Å². The van der Waals surface area contributed by atoms with Crippen molar-refractivity contribution in [3.05, 3.63) is 16.6 Å². The predicted octanol–water partition coefficient (Wildman–Crippen LogP) is 2.07. The summed E-state index contributed by atoms with van der Waals surface area (Å²) in [5.74, 6) is 0.881. The molecule has 1 aromatic rings. The Morgan fingerprint density at radius 1 is 1.69 bits per heavy atom. The largest absolute Gasteiger partial charge is 0.314 e. The third-order valence-corrected chi connectivity index (χ3v) is 3.46. The highest BCUT2D eigenvalue weighted by molar-refractivity contribution is 7.09. The van der Waals surface area contributed by atoms with Crippen LogP contribution in [0.4, 0.5) is 0 Å². The molecule has 1 N–H and O–H groups in total. The highest BCUT2D eigenvalue weighted by Gasteiger charge is 2.18. The van der Waals surface area contributed by atoms with Gasteiger partial charge in [-0.3, -0.25) is 0 Å². The van der Waals surface area contributed by atoms with Gasteiger partial charge in [-0.1, -0.05) is 6.92 Å². The molecular weight excluding hydrogens is 180 g/mol. The Morgan fingerprint density at radius 3 is 3.31 bits per heavy atom. The molecule has 1 aromatic heterocycles. The second-order valence-electron chi connectivity index (χ2n) is 3.91. The molecule has 72 valence electrons. The molecule has 2 atom stereocenters. The number of piperidine rings is 1. The van der Waals surface area contributed by atoms with E-state index in [-0.39, 0.29) is 0 Å². The molecule has 0 aliphatic carbocycles. The minimum atomic E-state index is 0.662. The van der Waals surface area contributed by atoms with Crippen molar-refractivity contribution in [2.75, 3.05) is 6.54 Å². The molecule has 1 aliphatic rings. The van der Waals surface area contributed by atoms with Crippen LogP contribution in [0, 0.1) is 5.92 Å². The standard InChI is InChI=1S/C10H16N2S/c1-8-2-3-11-9(6-8)7-10-12-4-5-13-10/h4-5,8-9,11H,2-3,6-7H2,1H3. The van der Waals surface area contributed by atoms with E-state index >= 15 is 0 Å². The van der Waals surface area contributed by atoms with Gasteiger partial charge >= 0.3 is 0 Å². The molecule has 2 nitrogen and oxygen atoms in total. The molecule has 1 fully saturated rings. The summed E-state index contributed by atoms with van der Waals surface area (Å²) in [5, 5.41) is 6.88.